The van der Waals surface area contributed by atoms with Gasteiger partial charge in [0.25, 0.3) is 0 Å². The van der Waals surface area contributed by atoms with Crippen molar-refractivity contribution in [1.82, 2.24) is 10.2 Å². The molecule has 1 N–H and O–H groups in total. The molecular formula is C17H20F2N2O2. The van der Waals surface area contributed by atoms with Crippen LogP contribution in [0.3, 0.4) is 0 Å². The summed E-state index contributed by atoms with van der Waals surface area (Å²) in [5, 5.41) is 2.76. The molecule has 0 radical (unpaired) electrons. The minimum absolute atomic E-state index is 0.0128. The summed E-state index contributed by atoms with van der Waals surface area (Å²) in [6.07, 6.45) is 3.39. The molecular weight excluding hydrogens is 302 g/mol. The van der Waals surface area contributed by atoms with Crippen LogP contribution in [0.2, 0.25) is 0 Å². The number of nitrogens with one attached hydrogen (secondary N) is 1. The Morgan fingerprint density at radius 3 is 2.83 bits per heavy atom. The number of carbonyl (C=O) groups is 2. The Morgan fingerprint density at radius 2 is 2.13 bits per heavy atom. The summed E-state index contributed by atoms with van der Waals surface area (Å²) >= 11 is 0. The first-order valence-corrected chi connectivity index (χ1v) is 7.54. The molecule has 1 saturated carbocycles. The number of hydrogen-bond acceptors (Lipinski definition) is 2. The number of amides is 2. The average molecular weight is 322 g/mol. The van der Waals surface area contributed by atoms with Crippen LogP contribution < -0.4 is 5.32 Å². The van der Waals surface area contributed by atoms with E-state index in [1.807, 2.05) is 0 Å². The second-order valence-corrected chi connectivity index (χ2v) is 5.76. The summed E-state index contributed by atoms with van der Waals surface area (Å²) in [6, 6.07) is 3.66. The fraction of sp³-hybridized carbons (Fsp3) is 0.412. The van der Waals surface area contributed by atoms with Crippen LogP contribution in [0.1, 0.15) is 24.8 Å². The number of halogens is 2. The molecule has 1 aliphatic carbocycles. The SMILES string of the molecule is C=CC(=O)N[C@@H]1CCC[C@H]1C(=O)N(C)Cc1cccc(F)c1F. The van der Waals surface area contributed by atoms with E-state index in [0.717, 1.165) is 18.9 Å². The summed E-state index contributed by atoms with van der Waals surface area (Å²) in [5.41, 5.74) is 0.130. The van der Waals surface area contributed by atoms with Gasteiger partial charge in [-0.1, -0.05) is 25.1 Å². The molecule has 1 fully saturated rings. The minimum atomic E-state index is -0.935. The number of rotatable bonds is 5. The first-order chi connectivity index (χ1) is 10.9. The van der Waals surface area contributed by atoms with Crippen molar-refractivity contribution in [1.29, 1.82) is 0 Å². The maximum absolute atomic E-state index is 13.7. The lowest BCUT2D eigenvalue weighted by Crippen LogP contribution is -2.44. The molecule has 2 atom stereocenters. The van der Waals surface area contributed by atoms with E-state index in [0.29, 0.717) is 6.42 Å². The zero-order valence-electron chi connectivity index (χ0n) is 13.0. The zero-order chi connectivity index (χ0) is 17.0. The largest absolute Gasteiger partial charge is 0.349 e. The van der Waals surface area contributed by atoms with Gasteiger partial charge < -0.3 is 10.2 Å². The predicted octanol–water partition coefficient (Wildman–Crippen LogP) is 2.39. The van der Waals surface area contributed by atoms with Crippen molar-refractivity contribution in [2.24, 2.45) is 5.92 Å². The van der Waals surface area contributed by atoms with E-state index in [-0.39, 0.29) is 35.9 Å². The van der Waals surface area contributed by atoms with Crippen molar-refractivity contribution in [3.63, 3.8) is 0 Å². The molecule has 0 aromatic heterocycles. The Balaban J connectivity index is 2.05. The molecule has 1 aromatic carbocycles. The van der Waals surface area contributed by atoms with Crippen LogP contribution in [0, 0.1) is 17.6 Å². The van der Waals surface area contributed by atoms with Crippen molar-refractivity contribution in [3.8, 4) is 0 Å². The standard InChI is InChI=1S/C17H20F2N2O2/c1-3-15(22)20-14-9-5-7-12(14)17(23)21(2)10-11-6-4-8-13(18)16(11)19/h3-4,6,8,12,14H,1,5,7,9-10H2,2H3,(H,20,22)/t12-,14-/m1/s1. The summed E-state index contributed by atoms with van der Waals surface area (Å²) in [5.74, 6) is -2.70. The topological polar surface area (TPSA) is 49.4 Å². The van der Waals surface area contributed by atoms with Gasteiger partial charge in [-0.3, -0.25) is 9.59 Å². The second-order valence-electron chi connectivity index (χ2n) is 5.76. The van der Waals surface area contributed by atoms with Gasteiger partial charge in [0, 0.05) is 25.2 Å². The third kappa shape index (κ3) is 3.94. The van der Waals surface area contributed by atoms with Gasteiger partial charge in [0.05, 0.1) is 5.92 Å². The fourth-order valence-electron chi connectivity index (χ4n) is 2.96. The van der Waals surface area contributed by atoms with Crippen molar-refractivity contribution in [2.45, 2.75) is 31.8 Å². The molecule has 124 valence electrons. The van der Waals surface area contributed by atoms with E-state index in [4.69, 9.17) is 0 Å². The van der Waals surface area contributed by atoms with Gasteiger partial charge in [0.2, 0.25) is 11.8 Å². The Hall–Kier alpha value is -2.24. The van der Waals surface area contributed by atoms with E-state index in [1.165, 1.54) is 23.1 Å². The Labute approximate surface area is 134 Å². The molecule has 4 nitrogen and oxygen atoms in total. The number of nitrogens with zero attached hydrogens (tertiary/aromatic N) is 1. The highest BCUT2D eigenvalue weighted by Crippen LogP contribution is 2.28. The molecule has 0 bridgehead atoms. The number of hydrogen-bond donors (Lipinski definition) is 1. The molecule has 6 heteroatoms. The van der Waals surface area contributed by atoms with Crippen LogP contribution in [-0.2, 0) is 16.1 Å². The Morgan fingerprint density at radius 1 is 1.39 bits per heavy atom. The number of carbonyl (C=O) groups excluding carboxylic acids is 2. The Bertz CT molecular complexity index is 619. The molecule has 1 aliphatic rings. The first-order valence-electron chi connectivity index (χ1n) is 7.54. The van der Waals surface area contributed by atoms with E-state index < -0.39 is 11.6 Å². The number of benzene rings is 1. The highest BCUT2D eigenvalue weighted by molar-refractivity contribution is 5.88. The monoisotopic (exact) mass is 322 g/mol. The van der Waals surface area contributed by atoms with Crippen LogP contribution in [0.25, 0.3) is 0 Å². The third-order valence-corrected chi connectivity index (χ3v) is 4.16. The smallest absolute Gasteiger partial charge is 0.243 e. The molecule has 2 amide bonds. The van der Waals surface area contributed by atoms with Crippen LogP contribution in [0.5, 0.6) is 0 Å². The highest BCUT2D eigenvalue weighted by Gasteiger charge is 2.35. The van der Waals surface area contributed by atoms with Crippen molar-refractivity contribution >= 4 is 11.8 Å². The lowest BCUT2D eigenvalue weighted by molar-refractivity contribution is -0.135. The second kappa shape index (κ2) is 7.35. The molecule has 2 rings (SSSR count). The van der Waals surface area contributed by atoms with E-state index >= 15 is 0 Å². The normalized spacial score (nSPS) is 20.1. The maximum atomic E-state index is 13.7. The van der Waals surface area contributed by atoms with Gasteiger partial charge in [-0.25, -0.2) is 8.78 Å². The molecule has 23 heavy (non-hydrogen) atoms. The summed E-state index contributed by atoms with van der Waals surface area (Å²) in [4.78, 5) is 25.4. The van der Waals surface area contributed by atoms with Crippen LogP contribution >= 0.6 is 0 Å². The minimum Gasteiger partial charge on any atom is -0.349 e. The summed E-state index contributed by atoms with van der Waals surface area (Å²) in [7, 11) is 1.55. The van der Waals surface area contributed by atoms with Gasteiger partial charge in [-0.15, -0.1) is 0 Å². The molecule has 0 saturated heterocycles. The molecule has 0 spiro atoms. The van der Waals surface area contributed by atoms with E-state index in [9.17, 15) is 18.4 Å². The summed E-state index contributed by atoms with van der Waals surface area (Å²) in [6.45, 7) is 3.38. The van der Waals surface area contributed by atoms with E-state index in [2.05, 4.69) is 11.9 Å². The van der Waals surface area contributed by atoms with Crippen LogP contribution in [0.4, 0.5) is 8.78 Å². The first kappa shape index (κ1) is 17.1. The molecule has 0 aliphatic heterocycles. The summed E-state index contributed by atoms with van der Waals surface area (Å²) < 4.78 is 27.0. The van der Waals surface area contributed by atoms with Crippen LogP contribution in [-0.4, -0.2) is 29.8 Å². The van der Waals surface area contributed by atoms with Gasteiger partial charge in [-0.05, 0) is 25.0 Å². The van der Waals surface area contributed by atoms with Crippen molar-refractivity contribution in [2.75, 3.05) is 7.05 Å². The van der Waals surface area contributed by atoms with Crippen molar-refractivity contribution < 1.29 is 18.4 Å². The third-order valence-electron chi connectivity index (χ3n) is 4.16. The molecule has 0 unspecified atom stereocenters. The van der Waals surface area contributed by atoms with Gasteiger partial charge >= 0.3 is 0 Å². The Kier molecular flexibility index (Phi) is 5.47. The average Bonchev–Trinajstić information content (AvgIpc) is 2.98. The van der Waals surface area contributed by atoms with Crippen LogP contribution in [0.15, 0.2) is 30.9 Å². The lowest BCUT2D eigenvalue weighted by atomic mass is 10.0. The highest BCUT2D eigenvalue weighted by atomic mass is 19.2. The van der Waals surface area contributed by atoms with Gasteiger partial charge in [0.15, 0.2) is 11.6 Å². The van der Waals surface area contributed by atoms with E-state index in [1.54, 1.807) is 7.05 Å². The van der Waals surface area contributed by atoms with Gasteiger partial charge in [-0.2, -0.15) is 0 Å². The fourth-order valence-corrected chi connectivity index (χ4v) is 2.96. The molecule has 1 aromatic rings. The zero-order valence-corrected chi connectivity index (χ0v) is 13.0. The quantitative estimate of drug-likeness (QED) is 0.846. The predicted molar refractivity (Wildman–Crippen MR) is 82.3 cm³/mol. The van der Waals surface area contributed by atoms with Crippen molar-refractivity contribution in [3.05, 3.63) is 48.1 Å². The molecule has 0 heterocycles. The van der Waals surface area contributed by atoms with Gasteiger partial charge in [0.1, 0.15) is 0 Å². The maximum Gasteiger partial charge on any atom is 0.243 e. The lowest BCUT2D eigenvalue weighted by Gasteiger charge is -2.25.